The lowest BCUT2D eigenvalue weighted by Gasteiger charge is -2.33. The van der Waals surface area contributed by atoms with Gasteiger partial charge in [0, 0.05) is 25.4 Å². The topological polar surface area (TPSA) is 115 Å². The predicted molar refractivity (Wildman–Crippen MR) is 108 cm³/mol. The Balaban J connectivity index is 1.86. The number of ether oxygens (including phenoxy) is 2. The summed E-state index contributed by atoms with van der Waals surface area (Å²) in [4.78, 5) is 40.9. The number of hydrogen-bond acceptors (Lipinski definition) is 8. The van der Waals surface area contributed by atoms with Gasteiger partial charge in [-0.3, -0.25) is 9.80 Å². The van der Waals surface area contributed by atoms with Crippen molar-refractivity contribution in [3.05, 3.63) is 48.0 Å². The van der Waals surface area contributed by atoms with Crippen LogP contribution in [0.2, 0.25) is 0 Å². The molecule has 1 unspecified atom stereocenters. The molecule has 1 atom stereocenters. The average molecular weight is 413 g/mol. The number of hydrogen-bond donors (Lipinski definition) is 1. The molecular formula is C20H23N5O5. The molecule has 1 amide bonds. The second-order valence-corrected chi connectivity index (χ2v) is 6.53. The quantitative estimate of drug-likeness (QED) is 0.721. The number of esters is 2. The highest BCUT2D eigenvalue weighted by atomic mass is 16.5. The van der Waals surface area contributed by atoms with E-state index in [1.807, 2.05) is 22.7 Å². The van der Waals surface area contributed by atoms with Gasteiger partial charge in [0.25, 0.3) is 5.91 Å². The summed E-state index contributed by atoms with van der Waals surface area (Å²) in [5.41, 5.74) is 0.796. The molecule has 0 saturated heterocycles. The largest absolute Gasteiger partial charge is 0.465 e. The molecule has 2 aromatic rings. The summed E-state index contributed by atoms with van der Waals surface area (Å²) < 4.78 is 11.4. The summed E-state index contributed by atoms with van der Waals surface area (Å²) in [6.07, 6.45) is 6.35. The molecule has 2 heterocycles. The fourth-order valence-corrected chi connectivity index (χ4v) is 3.25. The number of methoxy groups -OCH3 is 2. The molecule has 1 aromatic carbocycles. The lowest BCUT2D eigenvalue weighted by Crippen LogP contribution is -2.37. The van der Waals surface area contributed by atoms with Crippen molar-refractivity contribution in [2.45, 2.75) is 25.9 Å². The number of imidazole rings is 1. The van der Waals surface area contributed by atoms with Gasteiger partial charge in [0.1, 0.15) is 11.9 Å². The number of rotatable bonds is 6. The minimum Gasteiger partial charge on any atom is -0.465 e. The molecule has 10 nitrogen and oxygen atoms in total. The third kappa shape index (κ3) is 4.32. The van der Waals surface area contributed by atoms with Crippen LogP contribution in [-0.2, 0) is 14.3 Å². The van der Waals surface area contributed by atoms with Crippen LogP contribution in [0.25, 0.3) is 0 Å². The number of nitrogens with zero attached hydrogens (tertiary/aromatic N) is 4. The Labute approximate surface area is 173 Å². The number of amides is 1. The smallest absolute Gasteiger partial charge is 0.339 e. The van der Waals surface area contributed by atoms with E-state index in [1.165, 1.54) is 32.4 Å². The van der Waals surface area contributed by atoms with Crippen molar-refractivity contribution in [1.29, 1.82) is 0 Å². The van der Waals surface area contributed by atoms with Crippen LogP contribution in [0, 0.1) is 0 Å². The lowest BCUT2D eigenvalue weighted by molar-refractivity contribution is -0.110. The van der Waals surface area contributed by atoms with Crippen molar-refractivity contribution >= 4 is 29.2 Å². The van der Waals surface area contributed by atoms with E-state index >= 15 is 0 Å². The number of anilines is 1. The molecule has 3 rings (SSSR count). The number of carbonyl (C=O) groups is 3. The Morgan fingerprint density at radius 3 is 2.60 bits per heavy atom. The summed E-state index contributed by atoms with van der Waals surface area (Å²) in [5.74, 6) is -1.68. The monoisotopic (exact) mass is 413 g/mol. The molecule has 0 spiro atoms. The minimum atomic E-state index is -0.636. The molecule has 0 bridgehead atoms. The van der Waals surface area contributed by atoms with Crippen LogP contribution in [-0.4, -0.2) is 58.9 Å². The molecule has 10 heteroatoms. The molecule has 1 aliphatic heterocycles. The fourth-order valence-electron chi connectivity index (χ4n) is 3.25. The first-order valence-electron chi connectivity index (χ1n) is 9.42. The average Bonchev–Trinajstić information content (AvgIpc) is 3.32. The zero-order valence-electron chi connectivity index (χ0n) is 17.0. The molecular weight excluding hydrogens is 390 g/mol. The Kier molecular flexibility index (Phi) is 6.45. The van der Waals surface area contributed by atoms with Crippen molar-refractivity contribution in [3.8, 4) is 0 Å². The minimum absolute atomic E-state index is 0.0256. The van der Waals surface area contributed by atoms with Gasteiger partial charge in [0.15, 0.2) is 0 Å². The van der Waals surface area contributed by atoms with Crippen LogP contribution in [0.5, 0.6) is 0 Å². The van der Waals surface area contributed by atoms with Gasteiger partial charge in [-0.25, -0.2) is 14.6 Å². The highest BCUT2D eigenvalue weighted by molar-refractivity contribution is 6.43. The molecule has 1 N–H and O–H groups in total. The highest BCUT2D eigenvalue weighted by Gasteiger charge is 2.27. The first kappa shape index (κ1) is 21.0. The normalized spacial score (nSPS) is 15.9. The molecule has 30 heavy (non-hydrogen) atoms. The van der Waals surface area contributed by atoms with Gasteiger partial charge in [-0.15, -0.1) is 0 Å². The van der Waals surface area contributed by atoms with Crippen LogP contribution >= 0.6 is 0 Å². The maximum atomic E-state index is 12.9. The highest BCUT2D eigenvalue weighted by Crippen LogP contribution is 2.26. The first-order valence-corrected chi connectivity index (χ1v) is 9.42. The van der Waals surface area contributed by atoms with Crippen molar-refractivity contribution < 1.29 is 23.9 Å². The SMILES string of the molecule is CCN1N=C(C(=O)Nc2cc(C(=O)OC)ccc2C(=O)OC)CCC1n1ccnc1. The van der Waals surface area contributed by atoms with E-state index in [9.17, 15) is 14.4 Å². The second-order valence-electron chi connectivity index (χ2n) is 6.53. The van der Waals surface area contributed by atoms with Gasteiger partial charge in [0.2, 0.25) is 0 Å². The number of hydrazone groups is 1. The maximum absolute atomic E-state index is 12.9. The van der Waals surface area contributed by atoms with Crippen molar-refractivity contribution in [2.75, 3.05) is 26.1 Å². The van der Waals surface area contributed by atoms with Gasteiger partial charge in [-0.2, -0.15) is 5.10 Å². The van der Waals surface area contributed by atoms with E-state index in [0.717, 1.165) is 0 Å². The summed E-state index contributed by atoms with van der Waals surface area (Å²) in [6.45, 7) is 2.55. The van der Waals surface area contributed by atoms with E-state index in [4.69, 9.17) is 9.47 Å². The summed E-state index contributed by atoms with van der Waals surface area (Å²) in [7, 11) is 2.49. The van der Waals surface area contributed by atoms with Gasteiger partial charge in [-0.1, -0.05) is 0 Å². The molecule has 158 valence electrons. The van der Waals surface area contributed by atoms with Gasteiger partial charge in [0.05, 0.1) is 37.4 Å². The molecule has 0 aliphatic carbocycles. The van der Waals surface area contributed by atoms with E-state index in [1.54, 1.807) is 12.5 Å². The van der Waals surface area contributed by atoms with Gasteiger partial charge < -0.3 is 19.4 Å². The van der Waals surface area contributed by atoms with Gasteiger partial charge in [-0.05, 0) is 31.5 Å². The number of carbonyl (C=O) groups excluding carboxylic acids is 3. The molecule has 1 aliphatic rings. The Morgan fingerprint density at radius 1 is 1.20 bits per heavy atom. The summed E-state index contributed by atoms with van der Waals surface area (Å²) in [6, 6.07) is 4.22. The Morgan fingerprint density at radius 2 is 1.97 bits per heavy atom. The zero-order valence-corrected chi connectivity index (χ0v) is 17.0. The number of aromatic nitrogens is 2. The third-order valence-electron chi connectivity index (χ3n) is 4.78. The fraction of sp³-hybridized carbons (Fsp3) is 0.350. The van der Waals surface area contributed by atoms with Crippen molar-refractivity contribution in [2.24, 2.45) is 5.10 Å². The first-order chi connectivity index (χ1) is 14.5. The maximum Gasteiger partial charge on any atom is 0.339 e. The van der Waals surface area contributed by atoms with E-state index < -0.39 is 17.8 Å². The zero-order chi connectivity index (χ0) is 21.7. The predicted octanol–water partition coefficient (Wildman–Crippen LogP) is 2.07. The molecule has 0 radical (unpaired) electrons. The summed E-state index contributed by atoms with van der Waals surface area (Å²) in [5, 5.41) is 8.98. The molecule has 0 saturated carbocycles. The van der Waals surface area contributed by atoms with E-state index in [2.05, 4.69) is 15.4 Å². The molecule has 1 aromatic heterocycles. The second kappa shape index (κ2) is 9.21. The van der Waals surface area contributed by atoms with E-state index in [0.29, 0.717) is 25.1 Å². The van der Waals surface area contributed by atoms with Crippen LogP contribution in [0.1, 0.15) is 46.6 Å². The van der Waals surface area contributed by atoms with Crippen molar-refractivity contribution in [3.63, 3.8) is 0 Å². The van der Waals surface area contributed by atoms with E-state index in [-0.39, 0.29) is 23.0 Å². The van der Waals surface area contributed by atoms with Gasteiger partial charge >= 0.3 is 11.9 Å². The van der Waals surface area contributed by atoms with Crippen LogP contribution in [0.4, 0.5) is 5.69 Å². The molecule has 0 fully saturated rings. The van der Waals surface area contributed by atoms with Crippen LogP contribution in [0.15, 0.2) is 42.0 Å². The third-order valence-corrected chi connectivity index (χ3v) is 4.78. The van der Waals surface area contributed by atoms with Crippen molar-refractivity contribution in [1.82, 2.24) is 14.6 Å². The standard InChI is InChI=1S/C20H23N5O5/c1-4-25-17(24-10-9-21-12-24)8-7-15(23-25)18(26)22-16-11-13(19(27)29-2)5-6-14(16)20(28)30-3/h5-6,9-12,17H,4,7-8H2,1-3H3,(H,22,26). The number of benzene rings is 1. The summed E-state index contributed by atoms with van der Waals surface area (Å²) >= 11 is 0. The van der Waals surface area contributed by atoms with Crippen LogP contribution < -0.4 is 5.32 Å². The lowest BCUT2D eigenvalue weighted by atomic mass is 10.1. The Bertz CT molecular complexity index is 970. The Hall–Kier alpha value is -3.69. The number of nitrogens with one attached hydrogen (secondary N) is 1. The van der Waals surface area contributed by atoms with Crippen LogP contribution in [0.3, 0.4) is 0 Å².